The second-order valence-corrected chi connectivity index (χ2v) is 13.9. The topological polar surface area (TPSA) is 114 Å². The van der Waals surface area contributed by atoms with Gasteiger partial charge in [-0.25, -0.2) is 9.59 Å². The lowest BCUT2D eigenvalue weighted by Crippen LogP contribution is -2.55. The average Bonchev–Trinajstić information content (AvgIpc) is 2.96. The first-order valence-corrected chi connectivity index (χ1v) is 16.7. The minimum absolute atomic E-state index is 0.0137. The van der Waals surface area contributed by atoms with E-state index in [2.05, 4.69) is 30.2 Å². The van der Waals surface area contributed by atoms with Gasteiger partial charge in [-0.3, -0.25) is 9.59 Å². The first kappa shape index (κ1) is 38.7. The predicted molar refractivity (Wildman–Crippen MR) is 185 cm³/mol. The second-order valence-electron chi connectivity index (χ2n) is 13.5. The zero-order valence-electron chi connectivity index (χ0n) is 28.7. The molecular weight excluding hydrogens is 602 g/mol. The summed E-state index contributed by atoms with van der Waals surface area (Å²) in [4.78, 5) is 56.5. The molecule has 3 amide bonds. The number of carbonyl (C=O) groups excluding carboxylic acids is 4. The van der Waals surface area contributed by atoms with E-state index in [9.17, 15) is 19.2 Å². The summed E-state index contributed by atoms with van der Waals surface area (Å²) in [6.07, 6.45) is 2.89. The number of hydrogen-bond donors (Lipinski definition) is 3. The Bertz CT molecular complexity index is 1290. The van der Waals surface area contributed by atoms with Crippen LogP contribution in [0.1, 0.15) is 96.9 Å². The van der Waals surface area contributed by atoms with E-state index < -0.39 is 53.2 Å². The summed E-state index contributed by atoms with van der Waals surface area (Å²) in [5.74, 6) is -1.59. The summed E-state index contributed by atoms with van der Waals surface area (Å²) in [6, 6.07) is 13.6. The molecular formula is C36H53N3O6S. The fraction of sp³-hybridized carbons (Fsp3) is 0.556. The van der Waals surface area contributed by atoms with Crippen LogP contribution in [-0.2, 0) is 30.3 Å². The highest BCUT2D eigenvalue weighted by Crippen LogP contribution is 2.27. The molecule has 2 aromatic carbocycles. The first-order valence-electron chi connectivity index (χ1n) is 16.1. The van der Waals surface area contributed by atoms with Crippen molar-refractivity contribution in [3.63, 3.8) is 0 Å². The van der Waals surface area contributed by atoms with Crippen LogP contribution in [0.15, 0.2) is 54.6 Å². The number of alkyl carbamates (subject to hydrolysis) is 1. The minimum atomic E-state index is -1.10. The summed E-state index contributed by atoms with van der Waals surface area (Å²) in [7, 11) is 0. The Kier molecular flexibility index (Phi) is 15.1. The van der Waals surface area contributed by atoms with Crippen LogP contribution in [0.3, 0.4) is 0 Å². The standard InChI is InChI=1S/C36H53N3O6S/c1-9-10-11-17-22-39(32(41)29(24-46)38-34(43)45-36(6,7)8)30(27-21-16-15-18-25(27)2)31(40)37-28(33(42)44-35(3,4)5)23-26-19-13-12-14-20-26/h12-16,18-21,28-30,46H,9-11,17,22-24H2,1-8H3,(H,37,40)(H,38,43). The maximum Gasteiger partial charge on any atom is 0.408 e. The van der Waals surface area contributed by atoms with Crippen LogP contribution in [0.4, 0.5) is 4.79 Å². The monoisotopic (exact) mass is 655 g/mol. The molecule has 0 heterocycles. The number of esters is 1. The summed E-state index contributed by atoms with van der Waals surface area (Å²) in [5.41, 5.74) is 0.707. The van der Waals surface area contributed by atoms with Crippen molar-refractivity contribution in [2.75, 3.05) is 12.3 Å². The molecule has 0 radical (unpaired) electrons. The van der Waals surface area contributed by atoms with Crippen molar-refractivity contribution in [1.29, 1.82) is 0 Å². The number of hydrogen-bond acceptors (Lipinski definition) is 7. The van der Waals surface area contributed by atoms with Gasteiger partial charge in [0.25, 0.3) is 0 Å². The molecule has 0 aliphatic rings. The van der Waals surface area contributed by atoms with Crippen LogP contribution in [-0.4, -0.2) is 64.4 Å². The molecule has 0 spiro atoms. The van der Waals surface area contributed by atoms with Gasteiger partial charge in [-0.2, -0.15) is 12.6 Å². The van der Waals surface area contributed by atoms with E-state index in [4.69, 9.17) is 9.47 Å². The third-order valence-electron chi connectivity index (χ3n) is 7.04. The number of unbranched alkanes of at least 4 members (excludes halogenated alkanes) is 3. The highest BCUT2D eigenvalue weighted by molar-refractivity contribution is 7.80. The first-order chi connectivity index (χ1) is 21.6. The number of nitrogens with one attached hydrogen (secondary N) is 2. The lowest BCUT2D eigenvalue weighted by molar-refractivity contribution is -0.159. The fourth-order valence-electron chi connectivity index (χ4n) is 4.92. The Hall–Kier alpha value is -3.53. The molecule has 10 heteroatoms. The van der Waals surface area contributed by atoms with Crippen molar-refractivity contribution in [1.82, 2.24) is 15.5 Å². The van der Waals surface area contributed by atoms with Crippen molar-refractivity contribution in [3.8, 4) is 0 Å². The van der Waals surface area contributed by atoms with Gasteiger partial charge in [0.2, 0.25) is 11.8 Å². The molecule has 0 saturated heterocycles. The third-order valence-corrected chi connectivity index (χ3v) is 7.41. The Morgan fingerprint density at radius 3 is 1.98 bits per heavy atom. The summed E-state index contributed by atoms with van der Waals surface area (Å²) in [5, 5.41) is 5.59. The van der Waals surface area contributed by atoms with Crippen LogP contribution in [0, 0.1) is 6.92 Å². The lowest BCUT2D eigenvalue weighted by Gasteiger charge is -2.35. The lowest BCUT2D eigenvalue weighted by atomic mass is 9.97. The molecule has 0 aliphatic carbocycles. The number of ether oxygens (including phenoxy) is 2. The molecule has 0 bridgehead atoms. The molecule has 0 fully saturated rings. The van der Waals surface area contributed by atoms with Gasteiger partial charge >= 0.3 is 12.1 Å². The number of amides is 3. The molecule has 3 atom stereocenters. The molecule has 254 valence electrons. The summed E-state index contributed by atoms with van der Waals surface area (Å²) >= 11 is 4.39. The quantitative estimate of drug-likeness (QED) is 0.117. The van der Waals surface area contributed by atoms with E-state index in [1.165, 1.54) is 4.90 Å². The highest BCUT2D eigenvalue weighted by atomic mass is 32.1. The molecule has 3 unspecified atom stereocenters. The van der Waals surface area contributed by atoms with Crippen LogP contribution in [0.25, 0.3) is 0 Å². The van der Waals surface area contributed by atoms with Gasteiger partial charge in [-0.05, 0) is 71.6 Å². The molecule has 0 saturated carbocycles. The number of carbonyl (C=O) groups is 4. The van der Waals surface area contributed by atoms with Crippen LogP contribution in [0.2, 0.25) is 0 Å². The molecule has 2 rings (SSSR count). The molecule has 2 N–H and O–H groups in total. The van der Waals surface area contributed by atoms with Crippen molar-refractivity contribution < 1.29 is 28.7 Å². The van der Waals surface area contributed by atoms with Gasteiger partial charge in [0.05, 0.1) is 0 Å². The van der Waals surface area contributed by atoms with E-state index in [1.54, 1.807) is 41.5 Å². The van der Waals surface area contributed by atoms with Gasteiger partial charge in [-0.1, -0.05) is 80.8 Å². The van der Waals surface area contributed by atoms with Gasteiger partial charge in [0.1, 0.15) is 29.3 Å². The fourth-order valence-corrected chi connectivity index (χ4v) is 5.17. The summed E-state index contributed by atoms with van der Waals surface area (Å²) in [6.45, 7) is 14.7. The van der Waals surface area contributed by atoms with Crippen molar-refractivity contribution >= 4 is 36.5 Å². The van der Waals surface area contributed by atoms with Gasteiger partial charge in [0.15, 0.2) is 0 Å². The van der Waals surface area contributed by atoms with Gasteiger partial charge in [-0.15, -0.1) is 0 Å². The maximum atomic E-state index is 14.5. The largest absolute Gasteiger partial charge is 0.458 e. The van der Waals surface area contributed by atoms with Gasteiger partial charge < -0.3 is 25.0 Å². The normalized spacial score (nSPS) is 13.6. The maximum absolute atomic E-state index is 14.5. The van der Waals surface area contributed by atoms with E-state index in [0.29, 0.717) is 12.0 Å². The van der Waals surface area contributed by atoms with Crippen molar-refractivity contribution in [2.24, 2.45) is 0 Å². The SMILES string of the molecule is CCCCCCN(C(=O)C(CS)NC(=O)OC(C)(C)C)C(C(=O)NC(Cc1ccccc1)C(=O)OC(C)(C)C)c1ccccc1C. The molecule has 0 aliphatic heterocycles. The third kappa shape index (κ3) is 13.1. The Morgan fingerprint density at radius 1 is 0.804 bits per heavy atom. The molecule has 0 aromatic heterocycles. The van der Waals surface area contributed by atoms with E-state index in [1.807, 2.05) is 61.5 Å². The summed E-state index contributed by atoms with van der Waals surface area (Å²) < 4.78 is 11.1. The zero-order chi connectivity index (χ0) is 34.5. The number of benzene rings is 2. The number of aryl methyl sites for hydroxylation is 1. The van der Waals surface area contributed by atoms with E-state index in [0.717, 1.165) is 30.4 Å². The molecule has 46 heavy (non-hydrogen) atoms. The minimum Gasteiger partial charge on any atom is -0.458 e. The Balaban J connectivity index is 2.58. The van der Waals surface area contributed by atoms with Gasteiger partial charge in [0, 0.05) is 18.7 Å². The number of thiol groups is 1. The van der Waals surface area contributed by atoms with Crippen molar-refractivity contribution in [2.45, 2.75) is 117 Å². The number of rotatable bonds is 15. The molecule has 2 aromatic rings. The number of nitrogens with zero attached hydrogens (tertiary/aromatic N) is 1. The van der Waals surface area contributed by atoms with E-state index in [-0.39, 0.29) is 18.7 Å². The van der Waals surface area contributed by atoms with Crippen LogP contribution in [0.5, 0.6) is 0 Å². The Labute approximate surface area is 280 Å². The smallest absolute Gasteiger partial charge is 0.408 e. The Morgan fingerprint density at radius 2 is 1.41 bits per heavy atom. The zero-order valence-corrected chi connectivity index (χ0v) is 29.6. The van der Waals surface area contributed by atoms with Crippen molar-refractivity contribution in [3.05, 3.63) is 71.3 Å². The van der Waals surface area contributed by atoms with E-state index >= 15 is 0 Å². The van der Waals surface area contributed by atoms with Crippen LogP contribution < -0.4 is 10.6 Å². The predicted octanol–water partition coefficient (Wildman–Crippen LogP) is 6.34. The average molecular weight is 656 g/mol. The second kappa shape index (κ2) is 18.0. The molecule has 9 nitrogen and oxygen atoms in total. The highest BCUT2D eigenvalue weighted by Gasteiger charge is 2.38. The van der Waals surface area contributed by atoms with Crippen LogP contribution >= 0.6 is 12.6 Å².